The molecule has 5 heteroatoms. The van der Waals surface area contributed by atoms with Crippen molar-refractivity contribution in [1.82, 2.24) is 0 Å². The molecule has 0 radical (unpaired) electrons. The first-order valence-electron chi connectivity index (χ1n) is 5.33. The lowest BCUT2D eigenvalue weighted by Gasteiger charge is -2.08. The van der Waals surface area contributed by atoms with E-state index in [9.17, 15) is 0 Å². The fraction of sp³-hybridized carbons (Fsp3) is 0.417. The van der Waals surface area contributed by atoms with Crippen molar-refractivity contribution in [2.75, 3.05) is 33.5 Å². The van der Waals surface area contributed by atoms with Crippen LogP contribution in [0.15, 0.2) is 24.3 Å². The van der Waals surface area contributed by atoms with Crippen molar-refractivity contribution >= 4 is 17.2 Å². The van der Waals surface area contributed by atoms with Gasteiger partial charge in [0, 0.05) is 12.7 Å². The fourth-order valence-electron chi connectivity index (χ4n) is 1.20. The molecule has 0 aliphatic carbocycles. The van der Waals surface area contributed by atoms with Crippen LogP contribution in [-0.2, 0) is 9.47 Å². The van der Waals surface area contributed by atoms with E-state index < -0.39 is 0 Å². The van der Waals surface area contributed by atoms with Gasteiger partial charge in [0.05, 0.1) is 19.8 Å². The van der Waals surface area contributed by atoms with E-state index in [0.717, 1.165) is 11.3 Å². The first-order valence-corrected chi connectivity index (χ1v) is 5.74. The van der Waals surface area contributed by atoms with Crippen LogP contribution in [-0.4, -0.2) is 38.5 Å². The molecule has 4 nitrogen and oxygen atoms in total. The summed E-state index contributed by atoms with van der Waals surface area (Å²) in [5.74, 6) is 0.741. The van der Waals surface area contributed by atoms with E-state index in [2.05, 4.69) is 0 Å². The Hall–Kier alpha value is -1.17. The van der Waals surface area contributed by atoms with Gasteiger partial charge in [0.25, 0.3) is 0 Å². The van der Waals surface area contributed by atoms with E-state index in [0.29, 0.717) is 31.4 Å². The Balaban J connectivity index is 2.27. The number of nitrogens with two attached hydrogens (primary N) is 1. The molecule has 17 heavy (non-hydrogen) atoms. The molecule has 0 aliphatic heterocycles. The van der Waals surface area contributed by atoms with Crippen LogP contribution in [0.5, 0.6) is 5.75 Å². The van der Waals surface area contributed by atoms with Gasteiger partial charge < -0.3 is 19.9 Å². The lowest BCUT2D eigenvalue weighted by atomic mass is 10.2. The summed E-state index contributed by atoms with van der Waals surface area (Å²) < 4.78 is 15.6. The number of thiocarbonyl (C=S) groups is 1. The Bertz CT molecular complexity index is 357. The normalized spacial score (nSPS) is 10.2. The monoisotopic (exact) mass is 255 g/mol. The summed E-state index contributed by atoms with van der Waals surface area (Å²) >= 11 is 4.89. The Morgan fingerprint density at radius 2 is 2.00 bits per heavy atom. The molecule has 94 valence electrons. The third-order valence-corrected chi connectivity index (χ3v) is 2.28. The quantitative estimate of drug-likeness (QED) is 0.561. The summed E-state index contributed by atoms with van der Waals surface area (Å²) in [6.07, 6.45) is 0. The second-order valence-corrected chi connectivity index (χ2v) is 3.79. The van der Waals surface area contributed by atoms with Gasteiger partial charge in [-0.05, 0) is 12.1 Å². The van der Waals surface area contributed by atoms with Gasteiger partial charge in [-0.15, -0.1) is 0 Å². The Morgan fingerprint density at radius 3 is 2.71 bits per heavy atom. The van der Waals surface area contributed by atoms with E-state index in [4.69, 9.17) is 32.2 Å². The minimum atomic E-state index is 0.367. The van der Waals surface area contributed by atoms with Crippen LogP contribution in [0, 0.1) is 0 Å². The summed E-state index contributed by atoms with van der Waals surface area (Å²) in [5, 5.41) is 0. The Labute approximate surface area is 107 Å². The molecule has 1 rings (SSSR count). The van der Waals surface area contributed by atoms with Crippen molar-refractivity contribution in [3.8, 4) is 5.75 Å². The SMILES string of the molecule is COCCOCCOc1cccc(C(N)=S)c1. The highest BCUT2D eigenvalue weighted by atomic mass is 32.1. The maximum atomic E-state index is 5.53. The highest BCUT2D eigenvalue weighted by Gasteiger charge is 1.99. The van der Waals surface area contributed by atoms with Gasteiger partial charge in [-0.2, -0.15) is 0 Å². The number of hydrogen-bond donors (Lipinski definition) is 1. The van der Waals surface area contributed by atoms with Crippen LogP contribution in [0.25, 0.3) is 0 Å². The molecule has 1 aromatic carbocycles. The van der Waals surface area contributed by atoms with Crippen LogP contribution >= 0.6 is 12.2 Å². The maximum absolute atomic E-state index is 5.53. The van der Waals surface area contributed by atoms with E-state index in [1.54, 1.807) is 7.11 Å². The number of methoxy groups -OCH3 is 1. The standard InChI is InChI=1S/C12H17NO3S/c1-14-5-6-15-7-8-16-11-4-2-3-10(9-11)12(13)17/h2-4,9H,5-8H2,1H3,(H2,13,17). The molecule has 0 amide bonds. The average Bonchev–Trinajstić information content (AvgIpc) is 2.34. The minimum absolute atomic E-state index is 0.367. The van der Waals surface area contributed by atoms with Gasteiger partial charge in [0.1, 0.15) is 17.3 Å². The second kappa shape index (κ2) is 8.00. The smallest absolute Gasteiger partial charge is 0.120 e. The first kappa shape index (κ1) is 13.9. The summed E-state index contributed by atoms with van der Waals surface area (Å²) in [6, 6.07) is 7.38. The zero-order valence-electron chi connectivity index (χ0n) is 9.85. The number of ether oxygens (including phenoxy) is 3. The topological polar surface area (TPSA) is 53.7 Å². The summed E-state index contributed by atoms with van der Waals surface area (Å²) in [7, 11) is 1.64. The zero-order chi connectivity index (χ0) is 12.5. The van der Waals surface area contributed by atoms with Crippen molar-refractivity contribution in [1.29, 1.82) is 0 Å². The first-order chi connectivity index (χ1) is 8.24. The second-order valence-electron chi connectivity index (χ2n) is 3.35. The molecular formula is C12H17NO3S. The molecule has 0 saturated heterocycles. The van der Waals surface area contributed by atoms with E-state index in [1.807, 2.05) is 24.3 Å². The van der Waals surface area contributed by atoms with Gasteiger partial charge in [-0.3, -0.25) is 0 Å². The molecule has 0 spiro atoms. The number of benzene rings is 1. The number of hydrogen-bond acceptors (Lipinski definition) is 4. The molecule has 0 heterocycles. The van der Waals surface area contributed by atoms with Crippen molar-refractivity contribution in [3.05, 3.63) is 29.8 Å². The lowest BCUT2D eigenvalue weighted by molar-refractivity contribution is 0.0544. The van der Waals surface area contributed by atoms with Crippen molar-refractivity contribution in [3.63, 3.8) is 0 Å². The van der Waals surface area contributed by atoms with E-state index in [1.165, 1.54) is 0 Å². The van der Waals surface area contributed by atoms with Crippen molar-refractivity contribution in [2.45, 2.75) is 0 Å². The third-order valence-electron chi connectivity index (χ3n) is 2.05. The summed E-state index contributed by atoms with van der Waals surface area (Å²) in [6.45, 7) is 2.19. The molecule has 0 aliphatic rings. The highest BCUT2D eigenvalue weighted by Crippen LogP contribution is 2.12. The van der Waals surface area contributed by atoms with Crippen LogP contribution in [0.4, 0.5) is 0 Å². The molecule has 2 N–H and O–H groups in total. The molecular weight excluding hydrogens is 238 g/mol. The molecule has 0 fully saturated rings. The van der Waals surface area contributed by atoms with Gasteiger partial charge in [-0.25, -0.2) is 0 Å². The molecule has 0 bridgehead atoms. The average molecular weight is 255 g/mol. The van der Waals surface area contributed by atoms with Crippen LogP contribution in [0.1, 0.15) is 5.56 Å². The maximum Gasteiger partial charge on any atom is 0.120 e. The van der Waals surface area contributed by atoms with Gasteiger partial charge >= 0.3 is 0 Å². The summed E-state index contributed by atoms with van der Waals surface area (Å²) in [5.41, 5.74) is 6.33. The molecule has 0 atom stereocenters. The number of rotatable bonds is 8. The van der Waals surface area contributed by atoms with Crippen molar-refractivity contribution < 1.29 is 14.2 Å². The van der Waals surface area contributed by atoms with Crippen LogP contribution in [0.3, 0.4) is 0 Å². The van der Waals surface area contributed by atoms with Gasteiger partial charge in [0.2, 0.25) is 0 Å². The molecule has 0 saturated carbocycles. The minimum Gasteiger partial charge on any atom is -0.491 e. The Kier molecular flexibility index (Phi) is 6.54. The van der Waals surface area contributed by atoms with Crippen LogP contribution < -0.4 is 10.5 Å². The third kappa shape index (κ3) is 5.63. The lowest BCUT2D eigenvalue weighted by Crippen LogP contribution is -2.11. The van der Waals surface area contributed by atoms with Crippen molar-refractivity contribution in [2.24, 2.45) is 5.73 Å². The molecule has 1 aromatic rings. The van der Waals surface area contributed by atoms with Gasteiger partial charge in [0.15, 0.2) is 0 Å². The Morgan fingerprint density at radius 1 is 1.24 bits per heavy atom. The predicted octanol–water partition coefficient (Wildman–Crippen LogP) is 1.36. The molecule has 0 unspecified atom stereocenters. The highest BCUT2D eigenvalue weighted by molar-refractivity contribution is 7.80. The largest absolute Gasteiger partial charge is 0.491 e. The predicted molar refractivity (Wildman–Crippen MR) is 70.5 cm³/mol. The molecule has 0 aromatic heterocycles. The fourth-order valence-corrected chi connectivity index (χ4v) is 1.33. The van der Waals surface area contributed by atoms with Gasteiger partial charge in [-0.1, -0.05) is 24.4 Å². The van der Waals surface area contributed by atoms with E-state index in [-0.39, 0.29) is 0 Å². The zero-order valence-corrected chi connectivity index (χ0v) is 10.7. The van der Waals surface area contributed by atoms with Crippen LogP contribution in [0.2, 0.25) is 0 Å². The summed E-state index contributed by atoms with van der Waals surface area (Å²) in [4.78, 5) is 0.367. The van der Waals surface area contributed by atoms with E-state index >= 15 is 0 Å².